The van der Waals surface area contributed by atoms with Crippen molar-refractivity contribution >= 4 is 16.5 Å². The van der Waals surface area contributed by atoms with Gasteiger partial charge in [0.25, 0.3) is 5.56 Å². The van der Waals surface area contributed by atoms with E-state index < -0.39 is 10.8 Å². The molecule has 3 aromatic rings. The van der Waals surface area contributed by atoms with Gasteiger partial charge in [-0.05, 0) is 53.4 Å². The smallest absolute Gasteiger partial charge is 0.250 e. The van der Waals surface area contributed by atoms with Crippen molar-refractivity contribution in [2.45, 2.75) is 32.1 Å². The second-order valence-electron chi connectivity index (χ2n) is 7.75. The summed E-state index contributed by atoms with van der Waals surface area (Å²) in [5.74, 6) is 0.780. The fourth-order valence-corrected chi connectivity index (χ4v) is 4.74. The Morgan fingerprint density at radius 2 is 1.77 bits per heavy atom. The molecule has 0 bridgehead atoms. The van der Waals surface area contributed by atoms with Gasteiger partial charge < -0.3 is 4.57 Å². The van der Waals surface area contributed by atoms with Crippen LogP contribution in [0.3, 0.4) is 0 Å². The standard InChI is InChI=1S/C25H25FN2O2S/c1-4-23-21-13-24(29)28(3)14-22(21)20-12-16(15-31(30)5-2)6-11-19(20)25(27-23)17-7-9-18(26)10-8-17/h6-14,23H,4-5,15H2,1-3H3/t23-,31?/m0/s1. The van der Waals surface area contributed by atoms with E-state index in [1.807, 2.05) is 32.2 Å². The second kappa shape index (κ2) is 8.71. The molecule has 160 valence electrons. The van der Waals surface area contributed by atoms with Crippen LogP contribution in [0.25, 0.3) is 11.1 Å². The number of fused-ring (bicyclic) bond motifs is 3. The molecule has 0 radical (unpaired) electrons. The Morgan fingerprint density at radius 1 is 1.03 bits per heavy atom. The molecule has 1 aliphatic rings. The molecule has 1 aliphatic heterocycles. The van der Waals surface area contributed by atoms with E-state index in [1.165, 1.54) is 12.1 Å². The van der Waals surface area contributed by atoms with Gasteiger partial charge in [-0.1, -0.05) is 26.0 Å². The number of nitrogens with zero attached hydrogens (tertiary/aromatic N) is 2. The molecule has 0 saturated heterocycles. The SMILES string of the molecule is CC[C@@H]1N=C(c2ccc(F)cc2)c2ccc(CS(=O)CC)cc2-c2cn(C)c(=O)cc21. The number of benzene rings is 2. The number of aromatic nitrogens is 1. The molecule has 4 nitrogen and oxygen atoms in total. The summed E-state index contributed by atoms with van der Waals surface area (Å²) in [7, 11) is 0.810. The summed E-state index contributed by atoms with van der Waals surface area (Å²) >= 11 is 0. The highest BCUT2D eigenvalue weighted by Crippen LogP contribution is 2.38. The van der Waals surface area contributed by atoms with E-state index in [9.17, 15) is 13.4 Å². The molecule has 0 fully saturated rings. The Kier molecular flexibility index (Phi) is 6.01. The molecule has 0 amide bonds. The largest absolute Gasteiger partial charge is 0.318 e. The lowest BCUT2D eigenvalue weighted by Crippen LogP contribution is -2.17. The van der Waals surface area contributed by atoms with E-state index in [-0.39, 0.29) is 17.4 Å². The Labute approximate surface area is 183 Å². The Bertz CT molecular complexity index is 1250. The first-order chi connectivity index (χ1) is 14.9. The van der Waals surface area contributed by atoms with E-state index in [4.69, 9.17) is 4.99 Å². The van der Waals surface area contributed by atoms with E-state index in [1.54, 1.807) is 29.8 Å². The van der Waals surface area contributed by atoms with Crippen molar-refractivity contribution in [2.24, 2.45) is 12.0 Å². The van der Waals surface area contributed by atoms with E-state index >= 15 is 0 Å². The molecule has 0 N–H and O–H groups in total. The molecule has 6 heteroatoms. The van der Waals surface area contributed by atoms with Crippen LogP contribution in [0.15, 0.2) is 64.5 Å². The van der Waals surface area contributed by atoms with Crippen LogP contribution in [-0.2, 0) is 23.6 Å². The van der Waals surface area contributed by atoms with Gasteiger partial charge in [0.05, 0.1) is 11.8 Å². The monoisotopic (exact) mass is 436 g/mol. The molecule has 1 aromatic heterocycles. The normalized spacial score (nSPS) is 16.1. The second-order valence-corrected chi connectivity index (χ2v) is 9.50. The van der Waals surface area contributed by atoms with E-state index in [2.05, 4.69) is 6.07 Å². The van der Waals surface area contributed by atoms with Crippen LogP contribution in [0.2, 0.25) is 0 Å². The number of aliphatic imine (C=N–C) groups is 1. The fourth-order valence-electron chi connectivity index (χ4n) is 3.99. The molecule has 4 rings (SSSR count). The summed E-state index contributed by atoms with van der Waals surface area (Å²) in [4.78, 5) is 17.5. The Morgan fingerprint density at radius 3 is 2.45 bits per heavy atom. The minimum absolute atomic E-state index is 0.0811. The lowest BCUT2D eigenvalue weighted by atomic mass is 9.90. The van der Waals surface area contributed by atoms with Gasteiger partial charge in [0, 0.05) is 58.3 Å². The first kappa shape index (κ1) is 21.4. The summed E-state index contributed by atoms with van der Waals surface area (Å²) in [6.07, 6.45) is 2.59. The van der Waals surface area contributed by atoms with Crippen molar-refractivity contribution in [1.29, 1.82) is 0 Å². The van der Waals surface area contributed by atoms with E-state index in [0.717, 1.165) is 45.5 Å². The van der Waals surface area contributed by atoms with Gasteiger partial charge in [0.15, 0.2) is 0 Å². The summed E-state index contributed by atoms with van der Waals surface area (Å²) in [6, 6.07) is 13.9. The maximum atomic E-state index is 13.6. The molecular weight excluding hydrogens is 411 g/mol. The average molecular weight is 437 g/mol. The van der Waals surface area contributed by atoms with Crippen LogP contribution >= 0.6 is 0 Å². The first-order valence-corrected chi connectivity index (χ1v) is 11.9. The summed E-state index contributed by atoms with van der Waals surface area (Å²) in [5.41, 5.74) is 6.21. The summed E-state index contributed by atoms with van der Waals surface area (Å²) in [5, 5.41) is 0. The predicted molar refractivity (Wildman–Crippen MR) is 125 cm³/mol. The highest BCUT2D eigenvalue weighted by Gasteiger charge is 2.25. The number of rotatable bonds is 5. The molecule has 0 aliphatic carbocycles. The van der Waals surface area contributed by atoms with Gasteiger partial charge in [-0.2, -0.15) is 0 Å². The molecular formula is C25H25FN2O2S. The molecule has 2 aromatic carbocycles. The van der Waals surface area contributed by atoms with Crippen molar-refractivity contribution in [2.75, 3.05) is 5.75 Å². The summed E-state index contributed by atoms with van der Waals surface area (Å²) in [6.45, 7) is 3.96. The predicted octanol–water partition coefficient (Wildman–Crippen LogP) is 4.76. The van der Waals surface area contributed by atoms with Gasteiger partial charge in [-0.3, -0.25) is 14.0 Å². The molecule has 1 unspecified atom stereocenters. The zero-order chi connectivity index (χ0) is 22.1. The Balaban J connectivity index is 2.00. The van der Waals surface area contributed by atoms with Crippen molar-refractivity contribution in [1.82, 2.24) is 4.57 Å². The van der Waals surface area contributed by atoms with E-state index in [0.29, 0.717) is 11.5 Å². The fraction of sp³-hybridized carbons (Fsp3) is 0.280. The zero-order valence-electron chi connectivity index (χ0n) is 17.9. The molecule has 2 heterocycles. The highest BCUT2D eigenvalue weighted by atomic mass is 32.2. The van der Waals surface area contributed by atoms with Crippen molar-refractivity contribution < 1.29 is 8.60 Å². The van der Waals surface area contributed by atoms with Crippen LogP contribution in [0, 0.1) is 5.82 Å². The van der Waals surface area contributed by atoms with Crippen LogP contribution in [0.5, 0.6) is 0 Å². The third-order valence-electron chi connectivity index (χ3n) is 5.69. The van der Waals surface area contributed by atoms with Crippen LogP contribution < -0.4 is 5.56 Å². The van der Waals surface area contributed by atoms with Crippen molar-refractivity contribution in [3.05, 3.63) is 93.2 Å². The minimum Gasteiger partial charge on any atom is -0.318 e. The Hall–Kier alpha value is -2.86. The topological polar surface area (TPSA) is 51.4 Å². The summed E-state index contributed by atoms with van der Waals surface area (Å²) < 4.78 is 27.3. The number of halogens is 1. The minimum atomic E-state index is -0.932. The highest BCUT2D eigenvalue weighted by molar-refractivity contribution is 7.84. The third-order valence-corrected chi connectivity index (χ3v) is 6.99. The van der Waals surface area contributed by atoms with Crippen LogP contribution in [-0.4, -0.2) is 20.2 Å². The van der Waals surface area contributed by atoms with Gasteiger partial charge in [0.2, 0.25) is 0 Å². The van der Waals surface area contributed by atoms with Crippen LogP contribution in [0.4, 0.5) is 4.39 Å². The lowest BCUT2D eigenvalue weighted by Gasteiger charge is -2.15. The van der Waals surface area contributed by atoms with Crippen molar-refractivity contribution in [3.8, 4) is 11.1 Å². The third kappa shape index (κ3) is 4.17. The molecule has 0 spiro atoms. The zero-order valence-corrected chi connectivity index (χ0v) is 18.7. The first-order valence-electron chi connectivity index (χ1n) is 10.4. The number of hydrogen-bond donors (Lipinski definition) is 0. The van der Waals surface area contributed by atoms with Gasteiger partial charge in [-0.25, -0.2) is 4.39 Å². The maximum absolute atomic E-state index is 13.6. The average Bonchev–Trinajstić information content (AvgIpc) is 2.89. The number of pyridine rings is 1. The quantitative estimate of drug-likeness (QED) is 0.579. The van der Waals surface area contributed by atoms with Gasteiger partial charge in [-0.15, -0.1) is 0 Å². The number of hydrogen-bond acceptors (Lipinski definition) is 3. The lowest BCUT2D eigenvalue weighted by molar-refractivity contribution is 0.627. The van der Waals surface area contributed by atoms with Gasteiger partial charge >= 0.3 is 0 Å². The molecule has 0 saturated carbocycles. The van der Waals surface area contributed by atoms with Gasteiger partial charge in [0.1, 0.15) is 5.82 Å². The van der Waals surface area contributed by atoms with Crippen LogP contribution in [0.1, 0.15) is 48.6 Å². The van der Waals surface area contributed by atoms with Crippen molar-refractivity contribution in [3.63, 3.8) is 0 Å². The molecule has 31 heavy (non-hydrogen) atoms. The number of aryl methyl sites for hydroxylation is 1. The maximum Gasteiger partial charge on any atom is 0.250 e. The molecule has 2 atom stereocenters.